The summed E-state index contributed by atoms with van der Waals surface area (Å²) in [4.78, 5) is 8.64. The van der Waals surface area contributed by atoms with Crippen LogP contribution in [0.5, 0.6) is 0 Å². The van der Waals surface area contributed by atoms with E-state index in [-0.39, 0.29) is 5.82 Å². The summed E-state index contributed by atoms with van der Waals surface area (Å²) in [5.74, 6) is 0.268. The normalized spacial score (nSPS) is 16.4. The van der Waals surface area contributed by atoms with Crippen molar-refractivity contribution in [3.63, 3.8) is 0 Å². The van der Waals surface area contributed by atoms with E-state index in [0.717, 1.165) is 11.1 Å². The maximum Gasteiger partial charge on any atom is 0.197 e. The molecule has 0 unspecified atom stereocenters. The van der Waals surface area contributed by atoms with E-state index >= 15 is 0 Å². The largest absolute Gasteiger partial charge is 0.226 e. The highest BCUT2D eigenvalue weighted by atomic mass is 79.9. The van der Waals surface area contributed by atoms with E-state index in [1.54, 1.807) is 6.07 Å². The molecule has 1 aromatic carbocycles. The van der Waals surface area contributed by atoms with Crippen molar-refractivity contribution in [2.24, 2.45) is 0 Å². The Kier molecular flexibility index (Phi) is 2.39. The highest BCUT2D eigenvalue weighted by Gasteiger charge is 2.23. The van der Waals surface area contributed by atoms with E-state index in [4.69, 9.17) is 0 Å². The number of fused-ring (bicyclic) bond motifs is 1. The van der Waals surface area contributed by atoms with Crippen LogP contribution in [-0.2, 0) is 0 Å². The predicted molar refractivity (Wildman–Crippen MR) is 63.8 cm³/mol. The van der Waals surface area contributed by atoms with Crippen molar-refractivity contribution < 1.29 is 4.39 Å². The average molecular weight is 281 g/mol. The molecule has 0 radical (unpaired) electrons. The van der Waals surface area contributed by atoms with Crippen LogP contribution in [0, 0.1) is 5.82 Å². The Morgan fingerprint density at radius 1 is 1.25 bits per heavy atom. The zero-order valence-corrected chi connectivity index (χ0v) is 10.2. The van der Waals surface area contributed by atoms with Crippen LogP contribution in [0.1, 0.15) is 30.9 Å². The van der Waals surface area contributed by atoms with Gasteiger partial charge in [-0.15, -0.1) is 0 Å². The van der Waals surface area contributed by atoms with Crippen molar-refractivity contribution in [2.75, 3.05) is 0 Å². The first-order valence-corrected chi connectivity index (χ1v) is 6.16. The van der Waals surface area contributed by atoms with Gasteiger partial charge >= 0.3 is 0 Å². The van der Waals surface area contributed by atoms with Gasteiger partial charge in [0.2, 0.25) is 0 Å². The summed E-state index contributed by atoms with van der Waals surface area (Å²) in [6.45, 7) is 0. The molecule has 0 atom stereocenters. The lowest BCUT2D eigenvalue weighted by atomic mass is 9.81. The van der Waals surface area contributed by atoms with Gasteiger partial charge in [0.1, 0.15) is 5.82 Å². The summed E-state index contributed by atoms with van der Waals surface area (Å²) >= 11 is 3.28. The number of hydrogen-bond acceptors (Lipinski definition) is 2. The highest BCUT2D eigenvalue weighted by Crippen LogP contribution is 2.38. The van der Waals surface area contributed by atoms with E-state index in [0.29, 0.717) is 16.2 Å². The molecule has 1 saturated carbocycles. The Morgan fingerprint density at radius 2 is 2.06 bits per heavy atom. The van der Waals surface area contributed by atoms with Crippen LogP contribution < -0.4 is 0 Å². The Hall–Kier alpha value is -1.03. The number of nitrogens with zero attached hydrogens (tertiary/aromatic N) is 2. The maximum atomic E-state index is 13.1. The molecule has 1 aromatic heterocycles. The molecule has 16 heavy (non-hydrogen) atoms. The first kappa shape index (κ1) is 10.1. The SMILES string of the molecule is Fc1ccc2c(C3CCC3)nc(Br)nc2c1. The predicted octanol–water partition coefficient (Wildman–Crippen LogP) is 3.80. The molecule has 4 heteroatoms. The minimum Gasteiger partial charge on any atom is -0.226 e. The molecule has 0 saturated heterocycles. The molecule has 2 nitrogen and oxygen atoms in total. The third-order valence-electron chi connectivity index (χ3n) is 3.15. The number of halogens is 2. The zero-order valence-electron chi connectivity index (χ0n) is 8.58. The first-order valence-electron chi connectivity index (χ1n) is 5.37. The second-order valence-electron chi connectivity index (χ2n) is 4.17. The summed E-state index contributed by atoms with van der Waals surface area (Å²) in [5.41, 5.74) is 1.74. The van der Waals surface area contributed by atoms with Gasteiger partial charge in [0, 0.05) is 17.4 Å². The van der Waals surface area contributed by atoms with Gasteiger partial charge < -0.3 is 0 Å². The van der Waals surface area contributed by atoms with E-state index in [9.17, 15) is 4.39 Å². The van der Waals surface area contributed by atoms with Crippen molar-refractivity contribution in [2.45, 2.75) is 25.2 Å². The van der Waals surface area contributed by atoms with Crippen molar-refractivity contribution in [3.8, 4) is 0 Å². The molecule has 0 bridgehead atoms. The molecule has 0 N–H and O–H groups in total. The van der Waals surface area contributed by atoms with Gasteiger partial charge in [-0.2, -0.15) is 0 Å². The van der Waals surface area contributed by atoms with Gasteiger partial charge in [0.25, 0.3) is 0 Å². The fraction of sp³-hybridized carbons (Fsp3) is 0.333. The molecule has 1 aliphatic carbocycles. The minimum atomic E-state index is -0.252. The lowest BCUT2D eigenvalue weighted by molar-refractivity contribution is 0.413. The molecule has 3 rings (SSSR count). The van der Waals surface area contributed by atoms with Crippen molar-refractivity contribution >= 4 is 26.8 Å². The summed E-state index contributed by atoms with van der Waals surface area (Å²) in [5, 5.41) is 0.981. The summed E-state index contributed by atoms with van der Waals surface area (Å²) < 4.78 is 13.7. The first-order chi connectivity index (χ1) is 7.74. The fourth-order valence-electron chi connectivity index (χ4n) is 2.09. The Morgan fingerprint density at radius 3 is 2.75 bits per heavy atom. The maximum absolute atomic E-state index is 13.1. The Labute approximate surface area is 101 Å². The molecule has 1 heterocycles. The second kappa shape index (κ2) is 3.77. The van der Waals surface area contributed by atoms with Crippen molar-refractivity contribution in [1.82, 2.24) is 9.97 Å². The van der Waals surface area contributed by atoms with Gasteiger partial charge in [-0.05, 0) is 40.9 Å². The molecule has 0 spiro atoms. The number of rotatable bonds is 1. The third-order valence-corrected chi connectivity index (χ3v) is 3.51. The Bertz CT molecular complexity index is 547. The lowest BCUT2D eigenvalue weighted by Gasteiger charge is -2.25. The van der Waals surface area contributed by atoms with E-state index < -0.39 is 0 Å². The van der Waals surface area contributed by atoms with Gasteiger partial charge in [0.05, 0.1) is 11.2 Å². The van der Waals surface area contributed by atoms with Crippen LogP contribution in [0.2, 0.25) is 0 Å². The smallest absolute Gasteiger partial charge is 0.197 e. The topological polar surface area (TPSA) is 25.8 Å². The molecule has 1 fully saturated rings. The second-order valence-corrected chi connectivity index (χ2v) is 4.88. The Balaban J connectivity index is 2.25. The van der Waals surface area contributed by atoms with Crippen LogP contribution in [0.3, 0.4) is 0 Å². The molecule has 1 aliphatic rings. The van der Waals surface area contributed by atoms with Crippen LogP contribution in [-0.4, -0.2) is 9.97 Å². The van der Waals surface area contributed by atoms with E-state index in [1.807, 2.05) is 0 Å². The summed E-state index contributed by atoms with van der Waals surface area (Å²) in [6.07, 6.45) is 3.61. The third kappa shape index (κ3) is 1.61. The zero-order chi connectivity index (χ0) is 11.1. The van der Waals surface area contributed by atoms with Crippen molar-refractivity contribution in [3.05, 3.63) is 34.4 Å². The monoisotopic (exact) mass is 280 g/mol. The molecule has 0 aliphatic heterocycles. The van der Waals surface area contributed by atoms with Gasteiger partial charge in [-0.25, -0.2) is 14.4 Å². The van der Waals surface area contributed by atoms with Crippen molar-refractivity contribution in [1.29, 1.82) is 0 Å². The van der Waals surface area contributed by atoms with Gasteiger partial charge in [0.15, 0.2) is 4.73 Å². The fourth-order valence-corrected chi connectivity index (χ4v) is 2.47. The number of benzene rings is 1. The highest BCUT2D eigenvalue weighted by molar-refractivity contribution is 9.10. The number of hydrogen-bond donors (Lipinski definition) is 0. The van der Waals surface area contributed by atoms with Crippen LogP contribution in [0.25, 0.3) is 10.9 Å². The van der Waals surface area contributed by atoms with Gasteiger partial charge in [-0.1, -0.05) is 6.42 Å². The molecule has 0 amide bonds. The molecule has 2 aromatic rings. The van der Waals surface area contributed by atoms with Crippen LogP contribution in [0.4, 0.5) is 4.39 Å². The van der Waals surface area contributed by atoms with Crippen LogP contribution >= 0.6 is 15.9 Å². The van der Waals surface area contributed by atoms with Crippen LogP contribution in [0.15, 0.2) is 22.9 Å². The summed E-state index contributed by atoms with van der Waals surface area (Å²) in [7, 11) is 0. The van der Waals surface area contributed by atoms with Gasteiger partial charge in [-0.3, -0.25) is 0 Å². The average Bonchev–Trinajstić information content (AvgIpc) is 2.13. The number of aromatic nitrogens is 2. The summed E-state index contributed by atoms with van der Waals surface area (Å²) in [6, 6.07) is 4.72. The molecule has 82 valence electrons. The molecular formula is C12H10BrFN2. The standard InChI is InChI=1S/C12H10BrFN2/c13-12-15-10-6-8(14)4-5-9(10)11(16-12)7-2-1-3-7/h4-7H,1-3H2. The minimum absolute atomic E-state index is 0.252. The van der Waals surface area contributed by atoms with E-state index in [1.165, 1.54) is 31.4 Å². The molecular weight excluding hydrogens is 271 g/mol. The lowest BCUT2D eigenvalue weighted by Crippen LogP contribution is -2.12. The quantitative estimate of drug-likeness (QED) is 0.743. The van der Waals surface area contributed by atoms with E-state index in [2.05, 4.69) is 25.9 Å².